The lowest BCUT2D eigenvalue weighted by Crippen LogP contribution is -2.20. The second-order valence-corrected chi connectivity index (χ2v) is 4.59. The molecule has 0 unspecified atom stereocenters. The number of carbonyl (C=O) groups is 1. The normalized spacial score (nSPS) is 10.5. The molecular weight excluding hydrogens is 296 g/mol. The van der Waals surface area contributed by atoms with Crippen LogP contribution in [-0.2, 0) is 4.79 Å². The number of hydrogen-bond acceptors (Lipinski definition) is 5. The summed E-state index contributed by atoms with van der Waals surface area (Å²) >= 11 is 0. The lowest BCUT2D eigenvalue weighted by Gasteiger charge is -2.12. The van der Waals surface area contributed by atoms with Crippen LogP contribution in [0.5, 0.6) is 11.5 Å². The van der Waals surface area contributed by atoms with Crippen molar-refractivity contribution in [2.45, 2.75) is 6.92 Å². The van der Waals surface area contributed by atoms with Gasteiger partial charge in [0.15, 0.2) is 18.1 Å². The van der Waals surface area contributed by atoms with Gasteiger partial charge in [-0.15, -0.1) is 0 Å². The monoisotopic (exact) mass is 314 g/mol. The zero-order valence-corrected chi connectivity index (χ0v) is 12.7. The molecule has 0 atom stereocenters. The molecule has 0 saturated heterocycles. The Morgan fingerprint density at radius 1 is 1.17 bits per heavy atom. The Morgan fingerprint density at radius 3 is 2.65 bits per heavy atom. The maximum Gasteiger partial charge on any atom is 0.262 e. The molecule has 6 nitrogen and oxygen atoms in total. The molecule has 0 radical (unpaired) electrons. The minimum Gasteiger partial charge on any atom is -0.490 e. The first-order valence-corrected chi connectivity index (χ1v) is 7.15. The summed E-state index contributed by atoms with van der Waals surface area (Å²) in [4.78, 5) is 11.9. The van der Waals surface area contributed by atoms with E-state index in [1.54, 1.807) is 30.3 Å². The summed E-state index contributed by atoms with van der Waals surface area (Å²) in [5, 5.41) is 14.3. The minimum atomic E-state index is -0.264. The molecule has 0 heterocycles. The fraction of sp³-hybridized carbons (Fsp3) is 0.176. The average molecular weight is 314 g/mol. The zero-order chi connectivity index (χ0) is 16.5. The van der Waals surface area contributed by atoms with E-state index in [-0.39, 0.29) is 12.5 Å². The van der Waals surface area contributed by atoms with Gasteiger partial charge in [-0.3, -0.25) is 4.79 Å². The summed E-state index contributed by atoms with van der Waals surface area (Å²) in [5.41, 5.74) is 1.37. The third-order valence-corrected chi connectivity index (χ3v) is 2.89. The van der Waals surface area contributed by atoms with Crippen LogP contribution in [0.3, 0.4) is 0 Å². The van der Waals surface area contributed by atoms with Crippen LogP contribution >= 0.6 is 0 Å². The molecule has 120 valence electrons. The fourth-order valence-electron chi connectivity index (χ4n) is 1.92. The van der Waals surface area contributed by atoms with Crippen molar-refractivity contribution >= 4 is 17.8 Å². The van der Waals surface area contributed by atoms with Gasteiger partial charge in [-0.2, -0.15) is 0 Å². The van der Waals surface area contributed by atoms with Gasteiger partial charge in [0.05, 0.1) is 12.8 Å². The standard InChI is InChI=1S/C17H18N2O4/c1-2-22-16-10-13(11-18-21)8-9-15(16)23-12-17(20)19-14-6-4-3-5-7-14/h3-11,21H,2,12H2,1H3,(H,19,20)/b18-11-. The lowest BCUT2D eigenvalue weighted by molar-refractivity contribution is -0.118. The quantitative estimate of drug-likeness (QED) is 0.468. The van der Waals surface area contributed by atoms with Crippen LogP contribution in [0.1, 0.15) is 12.5 Å². The van der Waals surface area contributed by atoms with Crippen LogP contribution in [0.4, 0.5) is 5.69 Å². The van der Waals surface area contributed by atoms with Crippen molar-refractivity contribution < 1.29 is 19.5 Å². The summed E-state index contributed by atoms with van der Waals surface area (Å²) in [6.45, 7) is 2.16. The van der Waals surface area contributed by atoms with E-state index in [1.165, 1.54) is 6.21 Å². The van der Waals surface area contributed by atoms with E-state index in [4.69, 9.17) is 14.7 Å². The highest BCUT2D eigenvalue weighted by Gasteiger charge is 2.09. The van der Waals surface area contributed by atoms with Crippen molar-refractivity contribution in [2.75, 3.05) is 18.5 Å². The first kappa shape index (κ1) is 16.4. The number of carbonyl (C=O) groups excluding carboxylic acids is 1. The van der Waals surface area contributed by atoms with Crippen LogP contribution in [0.2, 0.25) is 0 Å². The molecule has 0 fully saturated rings. The number of oxime groups is 1. The Balaban J connectivity index is 2.00. The first-order valence-electron chi connectivity index (χ1n) is 7.15. The maximum absolute atomic E-state index is 11.9. The van der Waals surface area contributed by atoms with E-state index in [0.717, 1.165) is 0 Å². The Morgan fingerprint density at radius 2 is 1.96 bits per heavy atom. The molecule has 0 aromatic heterocycles. The summed E-state index contributed by atoms with van der Waals surface area (Å²) in [6, 6.07) is 14.2. The highest BCUT2D eigenvalue weighted by molar-refractivity contribution is 5.91. The van der Waals surface area contributed by atoms with E-state index < -0.39 is 0 Å². The predicted molar refractivity (Wildman–Crippen MR) is 87.6 cm³/mol. The molecule has 2 aromatic rings. The molecule has 0 aliphatic rings. The number of amides is 1. The minimum absolute atomic E-state index is 0.137. The molecule has 0 bridgehead atoms. The Labute approximate surface area is 134 Å². The second kappa shape index (κ2) is 8.43. The highest BCUT2D eigenvalue weighted by atomic mass is 16.5. The first-order chi connectivity index (χ1) is 11.2. The number of anilines is 1. The molecule has 2 aromatic carbocycles. The Kier molecular flexibility index (Phi) is 5.99. The molecule has 0 aliphatic carbocycles. The molecule has 2 N–H and O–H groups in total. The number of hydrogen-bond donors (Lipinski definition) is 2. The van der Waals surface area contributed by atoms with Crippen molar-refractivity contribution in [3.63, 3.8) is 0 Å². The van der Waals surface area contributed by atoms with Gasteiger partial charge in [0, 0.05) is 11.3 Å². The van der Waals surface area contributed by atoms with Gasteiger partial charge in [0.2, 0.25) is 0 Å². The van der Waals surface area contributed by atoms with Crippen molar-refractivity contribution in [2.24, 2.45) is 5.16 Å². The number of para-hydroxylation sites is 1. The van der Waals surface area contributed by atoms with Crippen molar-refractivity contribution in [3.8, 4) is 11.5 Å². The number of ether oxygens (including phenoxy) is 2. The predicted octanol–water partition coefficient (Wildman–Crippen LogP) is 2.91. The van der Waals surface area contributed by atoms with Gasteiger partial charge in [-0.05, 0) is 37.3 Å². The van der Waals surface area contributed by atoms with Crippen molar-refractivity contribution in [1.29, 1.82) is 0 Å². The van der Waals surface area contributed by atoms with Gasteiger partial charge in [0.25, 0.3) is 5.91 Å². The van der Waals surface area contributed by atoms with Gasteiger partial charge < -0.3 is 20.0 Å². The molecule has 23 heavy (non-hydrogen) atoms. The molecule has 2 rings (SSSR count). The number of rotatable bonds is 7. The molecule has 1 amide bonds. The second-order valence-electron chi connectivity index (χ2n) is 4.59. The Bertz CT molecular complexity index is 672. The van der Waals surface area contributed by atoms with E-state index in [2.05, 4.69) is 10.5 Å². The molecule has 6 heteroatoms. The van der Waals surface area contributed by atoms with Gasteiger partial charge in [0.1, 0.15) is 0 Å². The SMILES string of the molecule is CCOc1cc(/C=N\O)ccc1OCC(=O)Nc1ccccc1. The van der Waals surface area contributed by atoms with Crippen LogP contribution in [0, 0.1) is 0 Å². The number of nitrogens with zero attached hydrogens (tertiary/aromatic N) is 1. The largest absolute Gasteiger partial charge is 0.490 e. The molecular formula is C17H18N2O4. The van der Waals surface area contributed by atoms with Crippen LogP contribution in [-0.4, -0.2) is 30.5 Å². The van der Waals surface area contributed by atoms with Crippen LogP contribution < -0.4 is 14.8 Å². The fourth-order valence-corrected chi connectivity index (χ4v) is 1.92. The third-order valence-electron chi connectivity index (χ3n) is 2.89. The smallest absolute Gasteiger partial charge is 0.262 e. The van der Waals surface area contributed by atoms with Crippen LogP contribution in [0.25, 0.3) is 0 Å². The summed E-state index contributed by atoms with van der Waals surface area (Å²) in [5.74, 6) is 0.669. The van der Waals surface area contributed by atoms with Crippen LogP contribution in [0.15, 0.2) is 53.7 Å². The maximum atomic E-state index is 11.9. The van der Waals surface area contributed by atoms with E-state index in [0.29, 0.717) is 29.4 Å². The number of benzene rings is 2. The van der Waals surface area contributed by atoms with E-state index in [1.807, 2.05) is 25.1 Å². The number of nitrogens with one attached hydrogen (secondary N) is 1. The third kappa shape index (κ3) is 5.03. The van der Waals surface area contributed by atoms with E-state index in [9.17, 15) is 4.79 Å². The molecule has 0 saturated carbocycles. The summed E-state index contributed by atoms with van der Waals surface area (Å²) < 4.78 is 11.0. The summed E-state index contributed by atoms with van der Waals surface area (Å²) in [6.07, 6.45) is 1.29. The van der Waals surface area contributed by atoms with E-state index >= 15 is 0 Å². The van der Waals surface area contributed by atoms with Gasteiger partial charge in [-0.25, -0.2) is 0 Å². The molecule has 0 spiro atoms. The lowest BCUT2D eigenvalue weighted by atomic mass is 10.2. The summed E-state index contributed by atoms with van der Waals surface area (Å²) in [7, 11) is 0. The highest BCUT2D eigenvalue weighted by Crippen LogP contribution is 2.28. The zero-order valence-electron chi connectivity index (χ0n) is 12.7. The van der Waals surface area contributed by atoms with Crippen molar-refractivity contribution in [1.82, 2.24) is 0 Å². The average Bonchev–Trinajstić information content (AvgIpc) is 2.56. The van der Waals surface area contributed by atoms with Crippen molar-refractivity contribution in [3.05, 3.63) is 54.1 Å². The molecule has 0 aliphatic heterocycles. The Hall–Kier alpha value is -3.02. The van der Waals surface area contributed by atoms with Gasteiger partial charge >= 0.3 is 0 Å². The van der Waals surface area contributed by atoms with Gasteiger partial charge in [-0.1, -0.05) is 23.4 Å². The topological polar surface area (TPSA) is 80.2 Å².